The Morgan fingerprint density at radius 3 is 1.35 bits per heavy atom. The van der Waals surface area contributed by atoms with Crippen molar-refractivity contribution in [2.75, 3.05) is 0 Å². The van der Waals surface area contributed by atoms with Gasteiger partial charge in [0, 0.05) is 40.4 Å². The summed E-state index contributed by atoms with van der Waals surface area (Å²) in [5, 5.41) is 6.16. The van der Waals surface area contributed by atoms with Crippen molar-refractivity contribution in [1.29, 1.82) is 0 Å². The second kappa shape index (κ2) is 13.3. The summed E-state index contributed by atoms with van der Waals surface area (Å²) in [5.41, 5.74) is 10.4. The highest BCUT2D eigenvalue weighted by Crippen LogP contribution is 2.47. The molecule has 0 nitrogen and oxygen atoms in total. The summed E-state index contributed by atoms with van der Waals surface area (Å²) in [6.45, 7) is 56.1. The molecule has 0 bridgehead atoms. The predicted octanol–water partition coefficient (Wildman–Crippen LogP) is 12.0. The largest absolute Gasteiger partial charge is 0.120 e. The standard InChI is InChI=1S/C39H75Si7/c1-28(2)31-23-22-24-32(29(3)4)35(31)40-27-46(20,21)39(45(17,18)19)34-26-30(37(41(5,6)7)42(8,9)10)25-33(36(34)40)38(43(11,12)13)44(14,15)16/h22-26,28-29,37-39H,27H2,1-21H3. The van der Waals surface area contributed by atoms with Gasteiger partial charge in [-0.3, -0.25) is 0 Å². The number of rotatable bonds is 10. The Labute approximate surface area is 296 Å². The summed E-state index contributed by atoms with van der Waals surface area (Å²) >= 11 is 0. The van der Waals surface area contributed by atoms with E-state index in [2.05, 4.69) is 169 Å². The minimum atomic E-state index is -1.61. The molecule has 1 heterocycles. The van der Waals surface area contributed by atoms with Crippen LogP contribution in [-0.4, -0.2) is 57.2 Å². The predicted molar refractivity (Wildman–Crippen MR) is 233 cm³/mol. The average molecular weight is 741 g/mol. The Morgan fingerprint density at radius 2 is 1.00 bits per heavy atom. The molecule has 0 spiro atoms. The molecule has 46 heavy (non-hydrogen) atoms. The van der Waals surface area contributed by atoms with Gasteiger partial charge in [0.05, 0.1) is 8.07 Å². The molecule has 3 rings (SSSR count). The molecule has 259 valence electrons. The maximum Gasteiger partial charge on any atom is 0.120 e. The van der Waals surface area contributed by atoms with Crippen LogP contribution in [0.1, 0.15) is 82.8 Å². The molecule has 7 heteroatoms. The molecular formula is C39H75Si7. The highest BCUT2D eigenvalue weighted by molar-refractivity contribution is 7.08. The molecule has 0 amide bonds. The van der Waals surface area contributed by atoms with Crippen molar-refractivity contribution >= 4 is 67.6 Å². The lowest BCUT2D eigenvalue weighted by molar-refractivity contribution is 0.844. The summed E-state index contributed by atoms with van der Waals surface area (Å²) in [4.78, 5) is 0. The molecule has 1 unspecified atom stereocenters. The molecule has 1 aliphatic rings. The molecule has 1 aliphatic heterocycles. The van der Waals surface area contributed by atoms with E-state index in [9.17, 15) is 0 Å². The van der Waals surface area contributed by atoms with Crippen LogP contribution in [0.3, 0.4) is 0 Å². The summed E-state index contributed by atoms with van der Waals surface area (Å²) in [6, 6.07) is 13.3. The summed E-state index contributed by atoms with van der Waals surface area (Å²) in [5.74, 6) is 1.12. The van der Waals surface area contributed by atoms with Crippen molar-refractivity contribution in [3.8, 4) is 0 Å². The van der Waals surface area contributed by atoms with Gasteiger partial charge in [0.25, 0.3) is 0 Å². The smallest absolute Gasteiger partial charge is 0.0693 e. The molecule has 1 radical (unpaired) electrons. The first-order valence-electron chi connectivity index (χ1n) is 18.6. The van der Waals surface area contributed by atoms with E-state index in [0.717, 1.165) is 15.5 Å². The third-order valence-corrected chi connectivity index (χ3v) is 45.8. The van der Waals surface area contributed by atoms with E-state index in [4.69, 9.17) is 0 Å². The zero-order valence-corrected chi connectivity index (χ0v) is 41.5. The van der Waals surface area contributed by atoms with Gasteiger partial charge in [-0.15, -0.1) is 0 Å². The quantitative estimate of drug-likeness (QED) is 0.213. The highest BCUT2D eigenvalue weighted by Gasteiger charge is 2.53. The molecule has 0 saturated carbocycles. The second-order valence-electron chi connectivity index (χ2n) is 22.0. The van der Waals surface area contributed by atoms with Crippen molar-refractivity contribution in [2.24, 2.45) is 0 Å². The van der Waals surface area contributed by atoms with Crippen molar-refractivity contribution in [2.45, 2.75) is 172 Å². The molecule has 2 aromatic carbocycles. The molecular weight excluding hydrogens is 665 g/mol. The monoisotopic (exact) mass is 739 g/mol. The number of hydrogen-bond acceptors (Lipinski definition) is 0. The maximum atomic E-state index is 2.94. The lowest BCUT2D eigenvalue weighted by atomic mass is 9.95. The molecule has 0 N–H and O–H groups in total. The van der Waals surface area contributed by atoms with Gasteiger partial charge in [0.2, 0.25) is 0 Å². The Kier molecular flexibility index (Phi) is 11.6. The van der Waals surface area contributed by atoms with Crippen LogP contribution in [0.5, 0.6) is 0 Å². The van der Waals surface area contributed by atoms with Gasteiger partial charge in [-0.05, 0) is 49.2 Å². The van der Waals surface area contributed by atoms with Gasteiger partial charge >= 0.3 is 0 Å². The van der Waals surface area contributed by atoms with Gasteiger partial charge in [0.15, 0.2) is 0 Å². The van der Waals surface area contributed by atoms with Gasteiger partial charge in [-0.2, -0.15) is 0 Å². The Balaban J connectivity index is 2.76. The van der Waals surface area contributed by atoms with Crippen molar-refractivity contribution in [3.63, 3.8) is 0 Å². The van der Waals surface area contributed by atoms with Crippen molar-refractivity contribution in [3.05, 3.63) is 58.1 Å². The first-order valence-corrected chi connectivity index (χ1v) is 41.5. The first-order chi connectivity index (χ1) is 20.4. The molecule has 0 aromatic heterocycles. The average Bonchev–Trinajstić information content (AvgIpc) is 2.77. The zero-order chi connectivity index (χ0) is 35.7. The van der Waals surface area contributed by atoms with E-state index < -0.39 is 57.2 Å². The van der Waals surface area contributed by atoms with Crippen LogP contribution in [0.4, 0.5) is 0 Å². The highest BCUT2D eigenvalue weighted by atomic mass is 28.4. The first kappa shape index (κ1) is 40.4. The van der Waals surface area contributed by atoms with Crippen LogP contribution in [0.2, 0.25) is 117 Å². The molecule has 0 fully saturated rings. The lowest BCUT2D eigenvalue weighted by Gasteiger charge is -2.51. The van der Waals surface area contributed by atoms with Gasteiger partial charge in [0.1, 0.15) is 8.80 Å². The third-order valence-electron chi connectivity index (χ3n) is 10.9. The van der Waals surface area contributed by atoms with Crippen molar-refractivity contribution < 1.29 is 0 Å². The number of hydrogen-bond donors (Lipinski definition) is 0. The Hall–Kier alpha value is -0.0418. The summed E-state index contributed by atoms with van der Waals surface area (Å²) < 4.78 is 0. The Morgan fingerprint density at radius 1 is 0.587 bits per heavy atom. The van der Waals surface area contributed by atoms with Gasteiger partial charge in [-0.25, -0.2) is 0 Å². The lowest BCUT2D eigenvalue weighted by Crippen LogP contribution is -2.65. The maximum absolute atomic E-state index is 2.94. The van der Waals surface area contributed by atoms with E-state index in [1.807, 2.05) is 21.5 Å². The van der Waals surface area contributed by atoms with E-state index in [0.29, 0.717) is 11.8 Å². The summed E-state index contributed by atoms with van der Waals surface area (Å²) in [7, 11) is -10.2. The van der Waals surface area contributed by atoms with Crippen LogP contribution < -0.4 is 10.4 Å². The fraction of sp³-hybridized carbons (Fsp3) is 0.692. The fourth-order valence-corrected chi connectivity index (χ4v) is 58.3. The van der Waals surface area contributed by atoms with Crippen LogP contribution >= 0.6 is 0 Å². The van der Waals surface area contributed by atoms with Crippen molar-refractivity contribution in [1.82, 2.24) is 0 Å². The van der Waals surface area contributed by atoms with Crippen LogP contribution in [0.15, 0.2) is 30.3 Å². The molecule has 0 aliphatic carbocycles. The fourth-order valence-electron chi connectivity index (χ4n) is 11.0. The van der Waals surface area contributed by atoms with E-state index in [-0.39, 0.29) is 0 Å². The van der Waals surface area contributed by atoms with E-state index in [1.54, 1.807) is 16.7 Å². The second-order valence-corrected chi connectivity index (χ2v) is 58.2. The van der Waals surface area contributed by atoms with E-state index in [1.165, 1.54) is 5.67 Å². The molecule has 0 saturated heterocycles. The SMILES string of the molecule is CC(C)c1cccc(C(C)C)c1[Si]1C[Si](C)(C)C([Si](C)(C)C)c2cc(C([Si](C)(C)C)[Si](C)(C)C)cc(C([Si](C)(C)C)[Si](C)(C)C)c21. The Bertz CT molecular complexity index is 1330. The molecule has 2 aromatic rings. The van der Waals surface area contributed by atoms with Crippen LogP contribution in [0.25, 0.3) is 0 Å². The van der Waals surface area contributed by atoms with Crippen LogP contribution in [-0.2, 0) is 0 Å². The van der Waals surface area contributed by atoms with E-state index >= 15 is 0 Å². The third kappa shape index (κ3) is 8.28. The zero-order valence-electron chi connectivity index (χ0n) is 34.5. The van der Waals surface area contributed by atoms with Gasteiger partial charge < -0.3 is 0 Å². The number of benzene rings is 2. The van der Waals surface area contributed by atoms with Crippen LogP contribution in [0, 0.1) is 0 Å². The van der Waals surface area contributed by atoms with Gasteiger partial charge in [-0.1, -0.05) is 191 Å². The summed E-state index contributed by atoms with van der Waals surface area (Å²) in [6.07, 6.45) is 0. The normalized spacial score (nSPS) is 18.7. The molecule has 1 atom stereocenters. The number of fused-ring (bicyclic) bond motifs is 1. The topological polar surface area (TPSA) is 0 Å². The minimum Gasteiger partial charge on any atom is -0.0693 e. The minimum absolute atomic E-state index is 0.560.